The summed E-state index contributed by atoms with van der Waals surface area (Å²) in [5.41, 5.74) is 0.886. The molecule has 2 aromatic rings. The number of rotatable bonds is 3. The molecule has 0 spiro atoms. The number of piperidine rings is 1. The van der Waals surface area contributed by atoms with Gasteiger partial charge in [-0.1, -0.05) is 18.9 Å². The van der Waals surface area contributed by atoms with Crippen LogP contribution >= 0.6 is 0 Å². The number of aromatic nitrogens is 3. The molecule has 0 bridgehead atoms. The van der Waals surface area contributed by atoms with Crippen LogP contribution in [-0.4, -0.2) is 38.5 Å². The van der Waals surface area contributed by atoms with E-state index in [1.807, 2.05) is 24.4 Å². The highest BCUT2D eigenvalue weighted by atomic mass is 16.2. The van der Waals surface area contributed by atoms with E-state index in [0.29, 0.717) is 17.7 Å². The lowest BCUT2D eigenvalue weighted by Crippen LogP contribution is -2.40. The van der Waals surface area contributed by atoms with Crippen molar-refractivity contribution in [2.24, 2.45) is 5.92 Å². The summed E-state index contributed by atoms with van der Waals surface area (Å²) < 4.78 is 2.07. The van der Waals surface area contributed by atoms with Gasteiger partial charge in [-0.15, -0.1) is 10.2 Å². The summed E-state index contributed by atoms with van der Waals surface area (Å²) in [6.45, 7) is 1.69. The van der Waals surface area contributed by atoms with Crippen LogP contribution in [-0.2, 0) is 4.79 Å². The Bertz CT molecular complexity index is 689. The molecular weight excluding hydrogens is 288 g/mol. The average Bonchev–Trinajstić information content (AvgIpc) is 3.24. The largest absolute Gasteiger partial charge is 0.342 e. The standard InChI is InChI=1S/C18H24N4O/c23-17(12-14-6-1-2-7-14)21-10-5-8-15(13-21)18-20-19-16-9-3-4-11-22(16)18/h3-4,9,11,14-15H,1-2,5-8,10,12-13H2. The van der Waals surface area contributed by atoms with Crippen molar-refractivity contribution in [3.05, 3.63) is 30.2 Å². The fourth-order valence-electron chi connectivity index (χ4n) is 4.14. The molecule has 23 heavy (non-hydrogen) atoms. The second-order valence-corrected chi connectivity index (χ2v) is 7.02. The van der Waals surface area contributed by atoms with Gasteiger partial charge < -0.3 is 4.90 Å². The third-order valence-corrected chi connectivity index (χ3v) is 5.42. The van der Waals surface area contributed by atoms with Gasteiger partial charge in [0.05, 0.1) is 0 Å². The summed E-state index contributed by atoms with van der Waals surface area (Å²) in [6, 6.07) is 5.96. The molecule has 4 rings (SSSR count). The maximum atomic E-state index is 12.6. The SMILES string of the molecule is O=C(CC1CCCC1)N1CCCC(c2nnc3ccccn23)C1. The molecule has 3 heterocycles. The number of likely N-dealkylation sites (tertiary alicyclic amines) is 1. The molecule has 122 valence electrons. The van der Waals surface area contributed by atoms with Crippen molar-refractivity contribution in [1.82, 2.24) is 19.5 Å². The number of carbonyl (C=O) groups excluding carboxylic acids is 1. The first kappa shape index (κ1) is 14.7. The maximum absolute atomic E-state index is 12.6. The van der Waals surface area contributed by atoms with E-state index in [-0.39, 0.29) is 0 Å². The Morgan fingerprint density at radius 3 is 2.87 bits per heavy atom. The Hall–Kier alpha value is -1.91. The van der Waals surface area contributed by atoms with Gasteiger partial charge in [-0.05, 0) is 43.7 Å². The molecule has 5 nitrogen and oxygen atoms in total. The molecule has 1 unspecified atom stereocenters. The maximum Gasteiger partial charge on any atom is 0.222 e. The number of pyridine rings is 1. The van der Waals surface area contributed by atoms with Crippen molar-refractivity contribution < 1.29 is 4.79 Å². The summed E-state index contributed by atoms with van der Waals surface area (Å²) in [5, 5.41) is 8.65. The van der Waals surface area contributed by atoms with Gasteiger partial charge in [0.15, 0.2) is 5.65 Å². The van der Waals surface area contributed by atoms with Gasteiger partial charge in [0.1, 0.15) is 5.82 Å². The molecule has 1 atom stereocenters. The van der Waals surface area contributed by atoms with Crippen molar-refractivity contribution >= 4 is 11.6 Å². The molecule has 1 saturated carbocycles. The summed E-state index contributed by atoms with van der Waals surface area (Å²) >= 11 is 0. The predicted molar refractivity (Wildman–Crippen MR) is 88.1 cm³/mol. The first-order valence-electron chi connectivity index (χ1n) is 8.88. The van der Waals surface area contributed by atoms with E-state index in [0.717, 1.165) is 43.8 Å². The lowest BCUT2D eigenvalue weighted by atomic mass is 9.95. The normalized spacial score (nSPS) is 22.8. The monoisotopic (exact) mass is 312 g/mol. The zero-order valence-electron chi connectivity index (χ0n) is 13.5. The Morgan fingerprint density at radius 2 is 2.00 bits per heavy atom. The summed E-state index contributed by atoms with van der Waals surface area (Å²) in [7, 11) is 0. The molecule has 1 aliphatic heterocycles. The van der Waals surface area contributed by atoms with E-state index in [2.05, 4.69) is 19.5 Å². The van der Waals surface area contributed by atoms with E-state index in [4.69, 9.17) is 0 Å². The van der Waals surface area contributed by atoms with Gasteiger partial charge in [0.2, 0.25) is 5.91 Å². The van der Waals surface area contributed by atoms with E-state index >= 15 is 0 Å². The highest BCUT2D eigenvalue weighted by Gasteiger charge is 2.29. The smallest absolute Gasteiger partial charge is 0.222 e. The van der Waals surface area contributed by atoms with Gasteiger partial charge in [-0.3, -0.25) is 9.20 Å². The van der Waals surface area contributed by atoms with Gasteiger partial charge >= 0.3 is 0 Å². The molecule has 2 aromatic heterocycles. The van der Waals surface area contributed by atoms with Crippen LogP contribution < -0.4 is 0 Å². The molecule has 1 aliphatic carbocycles. The van der Waals surface area contributed by atoms with Crippen LogP contribution in [0.1, 0.15) is 56.7 Å². The molecule has 2 fully saturated rings. The van der Waals surface area contributed by atoms with Crippen LogP contribution in [0.2, 0.25) is 0 Å². The number of nitrogens with zero attached hydrogens (tertiary/aromatic N) is 4. The molecule has 5 heteroatoms. The molecule has 0 N–H and O–H groups in total. The Balaban J connectivity index is 1.47. The predicted octanol–water partition coefficient (Wildman–Crippen LogP) is 3.02. The zero-order chi connectivity index (χ0) is 15.6. The van der Waals surface area contributed by atoms with Gasteiger partial charge in [0.25, 0.3) is 0 Å². The Kier molecular flexibility index (Phi) is 4.02. The van der Waals surface area contributed by atoms with Crippen molar-refractivity contribution in [2.45, 2.75) is 50.9 Å². The summed E-state index contributed by atoms with van der Waals surface area (Å²) in [5.74, 6) is 2.26. The quantitative estimate of drug-likeness (QED) is 0.875. The lowest BCUT2D eigenvalue weighted by Gasteiger charge is -2.32. The Morgan fingerprint density at radius 1 is 1.13 bits per heavy atom. The number of fused-ring (bicyclic) bond motifs is 1. The minimum atomic E-state index is 0.300. The van der Waals surface area contributed by atoms with Crippen LogP contribution in [0.25, 0.3) is 5.65 Å². The van der Waals surface area contributed by atoms with Crippen LogP contribution in [0.4, 0.5) is 0 Å². The van der Waals surface area contributed by atoms with Gasteiger partial charge in [-0.25, -0.2) is 0 Å². The van der Waals surface area contributed by atoms with Crippen molar-refractivity contribution in [2.75, 3.05) is 13.1 Å². The van der Waals surface area contributed by atoms with E-state index in [9.17, 15) is 4.79 Å². The first-order valence-corrected chi connectivity index (χ1v) is 8.88. The molecule has 1 saturated heterocycles. The molecule has 0 aromatic carbocycles. The third-order valence-electron chi connectivity index (χ3n) is 5.42. The lowest BCUT2D eigenvalue weighted by molar-refractivity contribution is -0.133. The van der Waals surface area contributed by atoms with Crippen LogP contribution in [0.15, 0.2) is 24.4 Å². The molecule has 0 radical (unpaired) electrons. The van der Waals surface area contributed by atoms with Gasteiger partial charge in [0, 0.05) is 31.6 Å². The topological polar surface area (TPSA) is 50.5 Å². The Labute approximate surface area is 136 Å². The minimum Gasteiger partial charge on any atom is -0.342 e. The second kappa shape index (κ2) is 6.30. The molecule has 2 aliphatic rings. The highest BCUT2D eigenvalue weighted by Crippen LogP contribution is 2.30. The van der Waals surface area contributed by atoms with Crippen molar-refractivity contribution in [3.63, 3.8) is 0 Å². The van der Waals surface area contributed by atoms with Crippen molar-refractivity contribution in [3.8, 4) is 0 Å². The third kappa shape index (κ3) is 2.96. The second-order valence-electron chi connectivity index (χ2n) is 7.02. The number of carbonyl (C=O) groups is 1. The average molecular weight is 312 g/mol. The summed E-state index contributed by atoms with van der Waals surface area (Å²) in [4.78, 5) is 14.7. The van der Waals surface area contributed by atoms with E-state index < -0.39 is 0 Å². The van der Waals surface area contributed by atoms with E-state index in [1.54, 1.807) is 0 Å². The number of hydrogen-bond donors (Lipinski definition) is 0. The summed E-state index contributed by atoms with van der Waals surface area (Å²) in [6.07, 6.45) is 9.97. The van der Waals surface area contributed by atoms with E-state index in [1.165, 1.54) is 25.7 Å². The van der Waals surface area contributed by atoms with Crippen molar-refractivity contribution in [1.29, 1.82) is 0 Å². The number of hydrogen-bond acceptors (Lipinski definition) is 3. The number of amides is 1. The highest BCUT2D eigenvalue weighted by molar-refractivity contribution is 5.76. The molecular formula is C18H24N4O. The van der Waals surface area contributed by atoms with Gasteiger partial charge in [-0.2, -0.15) is 0 Å². The fourth-order valence-corrected chi connectivity index (χ4v) is 4.14. The fraction of sp³-hybridized carbons (Fsp3) is 0.611. The zero-order valence-corrected chi connectivity index (χ0v) is 13.5. The first-order chi connectivity index (χ1) is 11.3. The van der Waals surface area contributed by atoms with Crippen LogP contribution in [0.3, 0.4) is 0 Å². The minimum absolute atomic E-state index is 0.300. The van der Waals surface area contributed by atoms with Crippen LogP contribution in [0.5, 0.6) is 0 Å². The molecule has 1 amide bonds. The van der Waals surface area contributed by atoms with Crippen LogP contribution in [0, 0.1) is 5.92 Å².